The molecule has 2 rings (SSSR count). The van der Waals surface area contributed by atoms with Gasteiger partial charge in [0.25, 0.3) is 0 Å². The molecule has 0 aliphatic carbocycles. The molecule has 0 spiro atoms. The van der Waals surface area contributed by atoms with Crippen molar-refractivity contribution in [3.63, 3.8) is 0 Å². The third-order valence-electron chi connectivity index (χ3n) is 3.41. The lowest BCUT2D eigenvalue weighted by molar-refractivity contribution is -0.123. The average molecular weight is 282 g/mol. The smallest absolute Gasteiger partial charge is 0.191 e. The number of hydrogen-bond donors (Lipinski definition) is 1. The minimum absolute atomic E-state index is 0.237. The second-order valence-electron chi connectivity index (χ2n) is 6.01. The number of hydrogen-bond acceptors (Lipinski definition) is 5. The van der Waals surface area contributed by atoms with Crippen LogP contribution in [0.5, 0.6) is 0 Å². The van der Waals surface area contributed by atoms with Crippen LogP contribution in [-0.4, -0.2) is 32.8 Å². The summed E-state index contributed by atoms with van der Waals surface area (Å²) in [5, 5.41) is 12.7. The Morgan fingerprint density at radius 2 is 2.21 bits per heavy atom. The van der Waals surface area contributed by atoms with Crippen LogP contribution in [0.4, 0.5) is 0 Å². The maximum absolute atomic E-state index is 11.9. The van der Waals surface area contributed by atoms with Crippen LogP contribution in [0.1, 0.15) is 45.5 Å². The average Bonchev–Trinajstić information content (AvgIpc) is 2.94. The molecule has 19 heavy (non-hydrogen) atoms. The molecule has 1 N–H and O–H groups in total. The molecule has 106 valence electrons. The summed E-state index contributed by atoms with van der Waals surface area (Å²) in [6, 6.07) is 0.310. The van der Waals surface area contributed by atoms with E-state index in [-0.39, 0.29) is 11.2 Å². The first kappa shape index (κ1) is 14.5. The van der Waals surface area contributed by atoms with Crippen molar-refractivity contribution >= 4 is 17.5 Å². The zero-order valence-corrected chi connectivity index (χ0v) is 12.9. The molecule has 0 amide bonds. The number of Topliss-reactive ketones (excluding diaryl/α,β-unsaturated/α-hetero) is 1. The molecule has 5 nitrogen and oxygen atoms in total. The van der Waals surface area contributed by atoms with Gasteiger partial charge in [0.05, 0.1) is 11.8 Å². The van der Waals surface area contributed by atoms with Gasteiger partial charge in [-0.2, -0.15) is 0 Å². The van der Waals surface area contributed by atoms with E-state index in [1.165, 1.54) is 18.2 Å². The van der Waals surface area contributed by atoms with Crippen LogP contribution in [0.3, 0.4) is 0 Å². The van der Waals surface area contributed by atoms with Crippen LogP contribution in [0, 0.1) is 5.41 Å². The quantitative estimate of drug-likeness (QED) is 0.855. The largest absolute Gasteiger partial charge is 0.308 e. The Morgan fingerprint density at radius 1 is 1.47 bits per heavy atom. The van der Waals surface area contributed by atoms with Crippen molar-refractivity contribution < 1.29 is 4.79 Å². The number of ketones is 1. The summed E-state index contributed by atoms with van der Waals surface area (Å²) in [4.78, 5) is 11.9. The van der Waals surface area contributed by atoms with E-state index in [0.717, 1.165) is 23.9 Å². The van der Waals surface area contributed by atoms with E-state index in [9.17, 15) is 4.79 Å². The molecule has 1 aliphatic heterocycles. The lowest BCUT2D eigenvalue weighted by Crippen LogP contribution is -2.22. The van der Waals surface area contributed by atoms with Crippen LogP contribution in [0.15, 0.2) is 5.16 Å². The molecule has 1 atom stereocenters. The van der Waals surface area contributed by atoms with E-state index in [0.29, 0.717) is 11.8 Å². The molecular weight excluding hydrogens is 260 g/mol. The summed E-state index contributed by atoms with van der Waals surface area (Å²) < 4.78 is 2.00. The van der Waals surface area contributed by atoms with Crippen LogP contribution >= 0.6 is 11.8 Å². The zero-order chi connectivity index (χ0) is 14.0. The van der Waals surface area contributed by atoms with Crippen LogP contribution in [-0.2, 0) is 11.8 Å². The molecule has 1 saturated heterocycles. The molecule has 2 heterocycles. The lowest BCUT2D eigenvalue weighted by Gasteiger charge is -2.15. The Labute approximate surface area is 118 Å². The molecule has 1 aromatic rings. The van der Waals surface area contributed by atoms with E-state index < -0.39 is 0 Å². The van der Waals surface area contributed by atoms with Gasteiger partial charge in [-0.1, -0.05) is 32.5 Å². The molecule has 6 heteroatoms. The predicted octanol–water partition coefficient (Wildman–Crippen LogP) is 1.95. The van der Waals surface area contributed by atoms with Crippen molar-refractivity contribution in [1.29, 1.82) is 0 Å². The Morgan fingerprint density at radius 3 is 2.79 bits per heavy atom. The fourth-order valence-corrected chi connectivity index (χ4v) is 3.09. The number of nitrogens with zero attached hydrogens (tertiary/aromatic N) is 3. The summed E-state index contributed by atoms with van der Waals surface area (Å²) in [5.74, 6) is 1.66. The van der Waals surface area contributed by atoms with E-state index in [1.807, 2.05) is 32.4 Å². The van der Waals surface area contributed by atoms with E-state index in [4.69, 9.17) is 0 Å². The first-order chi connectivity index (χ1) is 8.89. The monoisotopic (exact) mass is 282 g/mol. The minimum atomic E-state index is -0.290. The minimum Gasteiger partial charge on any atom is -0.308 e. The third kappa shape index (κ3) is 3.36. The van der Waals surface area contributed by atoms with E-state index >= 15 is 0 Å². The fraction of sp³-hybridized carbons (Fsp3) is 0.769. The Hall–Kier alpha value is -0.880. The van der Waals surface area contributed by atoms with Crippen LogP contribution in [0.2, 0.25) is 0 Å². The summed E-state index contributed by atoms with van der Waals surface area (Å²) in [6.07, 6.45) is 2.29. The molecule has 1 fully saturated rings. The van der Waals surface area contributed by atoms with Crippen molar-refractivity contribution in [3.8, 4) is 0 Å². The number of thioether (sulfide) groups is 1. The molecule has 1 aromatic heterocycles. The Balaban J connectivity index is 2.00. The number of aromatic nitrogens is 3. The Bertz CT molecular complexity index is 458. The summed E-state index contributed by atoms with van der Waals surface area (Å²) in [7, 11) is 1.97. The molecular formula is C13H22N4OS. The Kier molecular flexibility index (Phi) is 4.30. The number of nitrogens with one attached hydrogen (secondary N) is 1. The topological polar surface area (TPSA) is 59.8 Å². The predicted molar refractivity (Wildman–Crippen MR) is 76.2 cm³/mol. The second kappa shape index (κ2) is 5.63. The summed E-state index contributed by atoms with van der Waals surface area (Å²) >= 11 is 1.47. The highest BCUT2D eigenvalue weighted by molar-refractivity contribution is 7.99. The first-order valence-corrected chi connectivity index (χ1v) is 7.67. The van der Waals surface area contributed by atoms with Gasteiger partial charge in [-0.3, -0.25) is 4.79 Å². The van der Waals surface area contributed by atoms with E-state index in [1.54, 1.807) is 0 Å². The normalized spacial score (nSPS) is 19.9. The maximum Gasteiger partial charge on any atom is 0.191 e. The first-order valence-electron chi connectivity index (χ1n) is 6.68. The van der Waals surface area contributed by atoms with Gasteiger partial charge in [0.1, 0.15) is 5.78 Å². The lowest BCUT2D eigenvalue weighted by atomic mass is 9.92. The van der Waals surface area contributed by atoms with Crippen LogP contribution in [0.25, 0.3) is 0 Å². The van der Waals surface area contributed by atoms with Gasteiger partial charge < -0.3 is 9.88 Å². The second-order valence-corrected chi connectivity index (χ2v) is 6.95. The van der Waals surface area contributed by atoms with Crippen molar-refractivity contribution in [2.75, 3.05) is 12.3 Å². The molecule has 0 bridgehead atoms. The fourth-order valence-electron chi connectivity index (χ4n) is 2.01. The molecule has 1 aliphatic rings. The molecule has 0 radical (unpaired) electrons. The number of rotatable bonds is 4. The molecule has 0 saturated carbocycles. The third-order valence-corrected chi connectivity index (χ3v) is 4.43. The van der Waals surface area contributed by atoms with Gasteiger partial charge in [-0.15, -0.1) is 10.2 Å². The standard InChI is InChI=1S/C13H22N4OS/c1-13(2,3)10(18)8-19-12-16-15-11(17(12)4)9-6-5-7-14-9/h9,14H,5-8H2,1-4H3. The van der Waals surface area contributed by atoms with Crippen molar-refractivity contribution in [3.05, 3.63) is 5.82 Å². The molecule has 1 unspecified atom stereocenters. The van der Waals surface area contributed by atoms with Gasteiger partial charge in [-0.25, -0.2) is 0 Å². The highest BCUT2D eigenvalue weighted by Crippen LogP contribution is 2.26. The van der Waals surface area contributed by atoms with Gasteiger partial charge in [0.15, 0.2) is 11.0 Å². The highest BCUT2D eigenvalue weighted by Gasteiger charge is 2.25. The highest BCUT2D eigenvalue weighted by atomic mass is 32.2. The number of carbonyl (C=O) groups is 1. The summed E-state index contributed by atoms with van der Waals surface area (Å²) in [6.45, 7) is 6.88. The SMILES string of the molecule is Cn1c(SCC(=O)C(C)(C)C)nnc1C1CCCN1. The van der Waals surface area contributed by atoms with Gasteiger partial charge in [0.2, 0.25) is 0 Å². The van der Waals surface area contributed by atoms with E-state index in [2.05, 4.69) is 15.5 Å². The van der Waals surface area contributed by atoms with Crippen LogP contribution < -0.4 is 5.32 Å². The van der Waals surface area contributed by atoms with Crippen molar-refractivity contribution in [2.24, 2.45) is 12.5 Å². The van der Waals surface area contributed by atoms with Gasteiger partial charge in [0, 0.05) is 12.5 Å². The zero-order valence-electron chi connectivity index (χ0n) is 12.1. The maximum atomic E-state index is 11.9. The van der Waals surface area contributed by atoms with Gasteiger partial charge in [-0.05, 0) is 19.4 Å². The number of carbonyl (C=O) groups excluding carboxylic acids is 1. The van der Waals surface area contributed by atoms with Gasteiger partial charge >= 0.3 is 0 Å². The summed E-state index contributed by atoms with van der Waals surface area (Å²) in [5.41, 5.74) is -0.290. The molecule has 0 aromatic carbocycles. The van der Waals surface area contributed by atoms with Crippen molar-refractivity contribution in [2.45, 2.75) is 44.8 Å². The van der Waals surface area contributed by atoms with Crippen molar-refractivity contribution in [1.82, 2.24) is 20.1 Å².